The minimum Gasteiger partial charge on any atom is -0.485 e. The molecule has 3 unspecified atom stereocenters. The number of fused-ring (bicyclic) bond motifs is 1. The molecule has 0 radical (unpaired) electrons. The average Bonchev–Trinajstić information content (AvgIpc) is 3.20. The topological polar surface area (TPSA) is 39.2 Å². The van der Waals surface area contributed by atoms with E-state index in [1.165, 1.54) is 6.07 Å². The van der Waals surface area contributed by atoms with Crippen LogP contribution < -0.4 is 9.64 Å². The second-order valence-electron chi connectivity index (χ2n) is 9.44. The van der Waals surface area contributed by atoms with Gasteiger partial charge in [0.2, 0.25) is 0 Å². The lowest BCUT2D eigenvalue weighted by Crippen LogP contribution is -2.50. The van der Waals surface area contributed by atoms with Crippen molar-refractivity contribution >= 4 is 5.69 Å². The first kappa shape index (κ1) is 24.3. The Hall–Kier alpha value is -1.84. The number of nitrogens with zero attached hydrogens (tertiary/aromatic N) is 3. The number of aliphatic hydroxyl groups excluding tert-OH is 1. The highest BCUT2D eigenvalue weighted by Crippen LogP contribution is 2.33. The van der Waals surface area contributed by atoms with Gasteiger partial charge in [0, 0.05) is 52.4 Å². The Balaban J connectivity index is 1.24. The molecule has 1 aliphatic carbocycles. The molecule has 2 aliphatic heterocycles. The monoisotopic (exact) mass is 471 g/mol. The molecule has 0 saturated carbocycles. The molecule has 0 amide bonds. The number of para-hydroxylation sites is 2. The van der Waals surface area contributed by atoms with Crippen LogP contribution in [0.3, 0.4) is 0 Å². The Bertz CT molecular complexity index is 786. The molecular weight excluding hydrogens is 438 g/mol. The van der Waals surface area contributed by atoms with Crippen molar-refractivity contribution in [1.29, 1.82) is 0 Å². The van der Waals surface area contributed by atoms with Crippen molar-refractivity contribution in [3.63, 3.8) is 0 Å². The van der Waals surface area contributed by atoms with Crippen molar-refractivity contribution in [1.82, 2.24) is 9.80 Å². The van der Waals surface area contributed by atoms with E-state index in [4.69, 9.17) is 4.74 Å². The molecule has 2 saturated heterocycles. The van der Waals surface area contributed by atoms with Crippen molar-refractivity contribution in [3.8, 4) is 5.75 Å². The zero-order valence-corrected chi connectivity index (χ0v) is 18.8. The van der Waals surface area contributed by atoms with Crippen molar-refractivity contribution in [2.24, 2.45) is 11.8 Å². The van der Waals surface area contributed by atoms with Crippen LogP contribution in [0.2, 0.25) is 0 Å². The number of benzene rings is 1. The van der Waals surface area contributed by atoms with Crippen molar-refractivity contribution in [2.45, 2.75) is 31.3 Å². The van der Waals surface area contributed by atoms with Gasteiger partial charge in [0.05, 0.1) is 11.8 Å². The Morgan fingerprint density at radius 1 is 0.939 bits per heavy atom. The van der Waals surface area contributed by atoms with Crippen LogP contribution in [0.1, 0.15) is 12.8 Å². The number of allylic oxidation sites excluding steroid dienone is 2. The summed E-state index contributed by atoms with van der Waals surface area (Å²) in [6, 6.07) is 6.68. The minimum atomic E-state index is -4.19. The molecule has 0 spiro atoms. The number of piperazine rings is 1. The normalized spacial score (nSPS) is 25.5. The molecule has 2 heterocycles. The summed E-state index contributed by atoms with van der Waals surface area (Å²) < 4.78 is 56.6. The summed E-state index contributed by atoms with van der Waals surface area (Å²) in [5.41, 5.74) is 0.621. The number of anilines is 1. The van der Waals surface area contributed by atoms with Crippen LogP contribution >= 0.6 is 0 Å². The first-order valence-corrected chi connectivity index (χ1v) is 11.7. The largest absolute Gasteiger partial charge is 0.485 e. The maximum atomic E-state index is 13.3. The van der Waals surface area contributed by atoms with Gasteiger partial charge in [-0.25, -0.2) is 8.78 Å². The third-order valence-electron chi connectivity index (χ3n) is 6.95. The number of hydrogen-bond acceptors (Lipinski definition) is 5. The number of ether oxygens (including phenoxy) is 1. The second-order valence-corrected chi connectivity index (χ2v) is 9.44. The molecule has 1 aromatic carbocycles. The number of β-amino-alcohol motifs (C(OH)–C–C–N with tert-alkyl or cyclic N) is 1. The summed E-state index contributed by atoms with van der Waals surface area (Å²) in [5.74, 6) is -2.58. The predicted octanol–water partition coefficient (Wildman–Crippen LogP) is 3.35. The van der Waals surface area contributed by atoms with Gasteiger partial charge in [-0.1, -0.05) is 24.3 Å². The van der Waals surface area contributed by atoms with E-state index in [0.29, 0.717) is 56.8 Å². The van der Waals surface area contributed by atoms with Crippen LogP contribution in [0.4, 0.5) is 23.2 Å². The van der Waals surface area contributed by atoms with Crippen LogP contribution in [0, 0.1) is 11.8 Å². The number of rotatable bonds is 9. The van der Waals surface area contributed by atoms with E-state index in [1.807, 2.05) is 4.90 Å². The Morgan fingerprint density at radius 2 is 1.55 bits per heavy atom. The molecule has 3 atom stereocenters. The standard InChI is InChI=1S/C24H33F4N3O2/c25-23(26)24(27,28)17-33-22-8-4-3-7-21(22)31-11-9-29(10-12-31)15-20(32)16-30-13-18-5-1-2-6-19(18)14-30/h1-4,7-8,18-20,23,32H,5-6,9-17H2. The van der Waals surface area contributed by atoms with Crippen LogP contribution in [-0.2, 0) is 0 Å². The molecule has 1 aromatic rings. The van der Waals surface area contributed by atoms with Gasteiger partial charge < -0.3 is 19.6 Å². The zero-order chi connectivity index (χ0) is 23.4. The lowest BCUT2D eigenvalue weighted by molar-refractivity contribution is -0.148. The third-order valence-corrected chi connectivity index (χ3v) is 6.95. The van der Waals surface area contributed by atoms with Crippen LogP contribution in [0.15, 0.2) is 36.4 Å². The van der Waals surface area contributed by atoms with E-state index in [2.05, 4.69) is 22.0 Å². The quantitative estimate of drug-likeness (QED) is 0.442. The summed E-state index contributed by atoms with van der Waals surface area (Å²) in [6.07, 6.45) is 2.65. The number of hydrogen-bond donors (Lipinski definition) is 1. The summed E-state index contributed by atoms with van der Waals surface area (Å²) in [4.78, 5) is 6.60. The highest BCUT2D eigenvalue weighted by atomic mass is 19.3. The van der Waals surface area contributed by atoms with E-state index in [1.54, 1.807) is 18.2 Å². The highest BCUT2D eigenvalue weighted by Gasteiger charge is 2.42. The molecule has 33 heavy (non-hydrogen) atoms. The van der Waals surface area contributed by atoms with E-state index >= 15 is 0 Å². The Morgan fingerprint density at radius 3 is 2.18 bits per heavy atom. The van der Waals surface area contributed by atoms with E-state index in [-0.39, 0.29) is 5.75 Å². The van der Waals surface area contributed by atoms with Crippen molar-refractivity contribution in [2.75, 3.05) is 63.9 Å². The van der Waals surface area contributed by atoms with E-state index in [9.17, 15) is 22.7 Å². The van der Waals surface area contributed by atoms with Crippen LogP contribution in [-0.4, -0.2) is 92.3 Å². The fourth-order valence-corrected chi connectivity index (χ4v) is 5.16. The van der Waals surface area contributed by atoms with Crippen LogP contribution in [0.25, 0.3) is 0 Å². The maximum Gasteiger partial charge on any atom is 0.340 e. The van der Waals surface area contributed by atoms with Gasteiger partial charge in [-0.05, 0) is 36.8 Å². The SMILES string of the molecule is OC(CN1CCN(c2ccccc2OCC(F)(F)C(F)F)CC1)CN1CC2CC=CCC2C1. The van der Waals surface area contributed by atoms with E-state index in [0.717, 1.165) is 25.9 Å². The molecule has 5 nitrogen and oxygen atoms in total. The number of likely N-dealkylation sites (tertiary alicyclic amines) is 1. The molecule has 2 fully saturated rings. The molecule has 3 aliphatic rings. The Labute approximate surface area is 192 Å². The number of alkyl halides is 4. The third kappa shape index (κ3) is 6.19. The average molecular weight is 472 g/mol. The Kier molecular flexibility index (Phi) is 7.81. The molecule has 0 bridgehead atoms. The zero-order valence-electron chi connectivity index (χ0n) is 18.8. The summed E-state index contributed by atoms with van der Waals surface area (Å²) in [7, 11) is 0. The van der Waals surface area contributed by atoms with Gasteiger partial charge in [-0.15, -0.1) is 0 Å². The summed E-state index contributed by atoms with van der Waals surface area (Å²) in [6.45, 7) is 4.74. The van der Waals surface area contributed by atoms with E-state index < -0.39 is 25.1 Å². The minimum absolute atomic E-state index is 0.177. The molecule has 9 heteroatoms. The van der Waals surface area contributed by atoms with Gasteiger partial charge in [0.1, 0.15) is 5.75 Å². The summed E-state index contributed by atoms with van der Waals surface area (Å²) >= 11 is 0. The number of halogens is 4. The van der Waals surface area contributed by atoms with Gasteiger partial charge in [-0.2, -0.15) is 8.78 Å². The molecular formula is C24H33F4N3O2. The van der Waals surface area contributed by atoms with Gasteiger partial charge >= 0.3 is 12.3 Å². The number of aliphatic hydroxyl groups is 1. The molecule has 0 aromatic heterocycles. The van der Waals surface area contributed by atoms with Crippen molar-refractivity contribution in [3.05, 3.63) is 36.4 Å². The lowest BCUT2D eigenvalue weighted by Gasteiger charge is -2.37. The lowest BCUT2D eigenvalue weighted by atomic mass is 9.86. The van der Waals surface area contributed by atoms with Crippen molar-refractivity contribution < 1.29 is 27.4 Å². The van der Waals surface area contributed by atoms with Crippen LogP contribution in [0.5, 0.6) is 5.75 Å². The fraction of sp³-hybridized carbons (Fsp3) is 0.667. The first-order chi connectivity index (χ1) is 15.8. The predicted molar refractivity (Wildman–Crippen MR) is 119 cm³/mol. The fourth-order valence-electron chi connectivity index (χ4n) is 5.16. The second kappa shape index (κ2) is 10.6. The molecule has 4 rings (SSSR count). The van der Waals surface area contributed by atoms with Gasteiger partial charge in [0.25, 0.3) is 0 Å². The molecule has 184 valence electrons. The maximum absolute atomic E-state index is 13.3. The van der Waals surface area contributed by atoms with Gasteiger partial charge in [-0.3, -0.25) is 4.90 Å². The highest BCUT2D eigenvalue weighted by molar-refractivity contribution is 5.58. The summed E-state index contributed by atoms with van der Waals surface area (Å²) in [5, 5.41) is 10.6. The molecule has 1 N–H and O–H groups in total. The van der Waals surface area contributed by atoms with Gasteiger partial charge in [0.15, 0.2) is 6.61 Å². The first-order valence-electron chi connectivity index (χ1n) is 11.7. The smallest absolute Gasteiger partial charge is 0.340 e.